The molecule has 7 heteroatoms. The van der Waals surface area contributed by atoms with Crippen LogP contribution in [0.4, 0.5) is 4.79 Å². The Balaban J connectivity index is 1.84. The highest BCUT2D eigenvalue weighted by molar-refractivity contribution is 5.94. The SMILES string of the molecule is CC(CC(=O)O)C1CCCN(CC(=O)N2CCOC2=O)C1. The van der Waals surface area contributed by atoms with Crippen LogP contribution in [0, 0.1) is 11.8 Å². The highest BCUT2D eigenvalue weighted by atomic mass is 16.6. The third-order valence-corrected chi connectivity index (χ3v) is 4.26. The molecule has 0 aromatic heterocycles. The number of aliphatic carboxylic acids is 1. The second-order valence-electron chi connectivity index (χ2n) is 5.87. The van der Waals surface area contributed by atoms with E-state index in [2.05, 4.69) is 0 Å². The minimum Gasteiger partial charge on any atom is -0.481 e. The molecule has 0 aromatic carbocycles. The Labute approximate surface area is 123 Å². The molecule has 2 rings (SSSR count). The lowest BCUT2D eigenvalue weighted by molar-refractivity contribution is -0.139. The lowest BCUT2D eigenvalue weighted by atomic mass is 9.84. The van der Waals surface area contributed by atoms with E-state index in [0.717, 1.165) is 24.3 Å². The van der Waals surface area contributed by atoms with Gasteiger partial charge in [0.15, 0.2) is 0 Å². The van der Waals surface area contributed by atoms with Crippen LogP contribution in [-0.4, -0.2) is 65.7 Å². The van der Waals surface area contributed by atoms with Crippen molar-refractivity contribution in [3.8, 4) is 0 Å². The first-order valence-corrected chi connectivity index (χ1v) is 7.38. The molecule has 2 aliphatic heterocycles. The average Bonchev–Trinajstić information content (AvgIpc) is 2.84. The van der Waals surface area contributed by atoms with Gasteiger partial charge in [-0.3, -0.25) is 14.5 Å². The van der Waals surface area contributed by atoms with E-state index in [1.54, 1.807) is 0 Å². The molecule has 2 heterocycles. The van der Waals surface area contributed by atoms with Crippen molar-refractivity contribution < 1.29 is 24.2 Å². The molecule has 0 aromatic rings. The number of carbonyl (C=O) groups excluding carboxylic acids is 2. The number of imide groups is 1. The van der Waals surface area contributed by atoms with E-state index in [0.29, 0.717) is 13.1 Å². The summed E-state index contributed by atoms with van der Waals surface area (Å²) in [5, 5.41) is 8.87. The monoisotopic (exact) mass is 298 g/mol. The summed E-state index contributed by atoms with van der Waals surface area (Å²) < 4.78 is 4.76. The normalized spacial score (nSPS) is 24.7. The first kappa shape index (κ1) is 15.8. The molecular weight excluding hydrogens is 276 g/mol. The van der Waals surface area contributed by atoms with E-state index < -0.39 is 12.1 Å². The zero-order valence-corrected chi connectivity index (χ0v) is 12.3. The lowest BCUT2D eigenvalue weighted by Gasteiger charge is -2.35. The largest absolute Gasteiger partial charge is 0.481 e. The van der Waals surface area contributed by atoms with Crippen molar-refractivity contribution in [3.05, 3.63) is 0 Å². The van der Waals surface area contributed by atoms with Gasteiger partial charge >= 0.3 is 12.1 Å². The topological polar surface area (TPSA) is 87.2 Å². The van der Waals surface area contributed by atoms with Crippen molar-refractivity contribution in [2.75, 3.05) is 32.8 Å². The summed E-state index contributed by atoms with van der Waals surface area (Å²) in [4.78, 5) is 37.4. The predicted molar refractivity (Wildman–Crippen MR) is 73.6 cm³/mol. The Hall–Kier alpha value is -1.63. The number of carbonyl (C=O) groups is 3. The Kier molecular flexibility index (Phi) is 5.17. The summed E-state index contributed by atoms with van der Waals surface area (Å²) in [5.41, 5.74) is 0. The zero-order valence-electron chi connectivity index (χ0n) is 12.3. The number of carboxylic acids is 1. The van der Waals surface area contributed by atoms with Crippen molar-refractivity contribution in [1.29, 1.82) is 0 Å². The predicted octanol–water partition coefficient (Wildman–Crippen LogP) is 0.788. The Morgan fingerprint density at radius 3 is 2.81 bits per heavy atom. The molecule has 0 saturated carbocycles. The Bertz CT molecular complexity index is 426. The maximum atomic E-state index is 12.1. The minimum atomic E-state index is -0.782. The van der Waals surface area contributed by atoms with Crippen LogP contribution in [-0.2, 0) is 14.3 Å². The molecule has 2 atom stereocenters. The maximum absolute atomic E-state index is 12.1. The summed E-state index contributed by atoms with van der Waals surface area (Å²) in [6.07, 6.45) is 1.54. The van der Waals surface area contributed by atoms with E-state index >= 15 is 0 Å². The van der Waals surface area contributed by atoms with Crippen molar-refractivity contribution in [3.63, 3.8) is 0 Å². The van der Waals surface area contributed by atoms with Gasteiger partial charge in [0.05, 0.1) is 13.1 Å². The number of ether oxygens (including phenoxy) is 1. The van der Waals surface area contributed by atoms with Crippen molar-refractivity contribution in [2.45, 2.75) is 26.2 Å². The van der Waals surface area contributed by atoms with E-state index in [9.17, 15) is 14.4 Å². The summed E-state index contributed by atoms with van der Waals surface area (Å²) in [6.45, 7) is 4.26. The van der Waals surface area contributed by atoms with Crippen LogP contribution in [0.5, 0.6) is 0 Å². The number of hydrogen-bond acceptors (Lipinski definition) is 5. The molecule has 2 unspecified atom stereocenters. The van der Waals surface area contributed by atoms with Gasteiger partial charge in [-0.1, -0.05) is 6.92 Å². The van der Waals surface area contributed by atoms with Gasteiger partial charge in [-0.15, -0.1) is 0 Å². The van der Waals surface area contributed by atoms with Crippen molar-refractivity contribution in [2.24, 2.45) is 11.8 Å². The molecule has 21 heavy (non-hydrogen) atoms. The molecule has 118 valence electrons. The van der Waals surface area contributed by atoms with E-state index in [-0.39, 0.29) is 37.3 Å². The molecule has 7 nitrogen and oxygen atoms in total. The highest BCUT2D eigenvalue weighted by Crippen LogP contribution is 2.26. The number of amides is 2. The molecule has 2 aliphatic rings. The molecule has 0 aliphatic carbocycles. The van der Waals surface area contributed by atoms with Gasteiger partial charge in [-0.2, -0.15) is 0 Å². The fraction of sp³-hybridized carbons (Fsp3) is 0.786. The number of rotatable bonds is 5. The number of nitrogens with zero attached hydrogens (tertiary/aromatic N) is 2. The first-order valence-electron chi connectivity index (χ1n) is 7.38. The van der Waals surface area contributed by atoms with Gasteiger partial charge in [-0.05, 0) is 31.2 Å². The third-order valence-electron chi connectivity index (χ3n) is 4.26. The van der Waals surface area contributed by atoms with Crippen LogP contribution < -0.4 is 0 Å². The molecule has 0 spiro atoms. The fourth-order valence-electron chi connectivity index (χ4n) is 3.04. The number of piperidine rings is 1. The average molecular weight is 298 g/mol. The van der Waals surface area contributed by atoms with Crippen LogP contribution >= 0.6 is 0 Å². The van der Waals surface area contributed by atoms with Crippen molar-refractivity contribution >= 4 is 18.0 Å². The number of likely N-dealkylation sites (tertiary alicyclic amines) is 1. The van der Waals surface area contributed by atoms with Gasteiger partial charge in [-0.25, -0.2) is 9.69 Å². The van der Waals surface area contributed by atoms with E-state index in [1.165, 1.54) is 0 Å². The van der Waals surface area contributed by atoms with Gasteiger partial charge in [0.25, 0.3) is 0 Å². The summed E-state index contributed by atoms with van der Waals surface area (Å²) >= 11 is 0. The molecular formula is C14H22N2O5. The van der Waals surface area contributed by atoms with Crippen LogP contribution in [0.25, 0.3) is 0 Å². The number of cyclic esters (lactones) is 1. The van der Waals surface area contributed by atoms with Crippen LogP contribution in [0.15, 0.2) is 0 Å². The minimum absolute atomic E-state index is 0.0946. The van der Waals surface area contributed by atoms with Gasteiger partial charge in [0, 0.05) is 13.0 Å². The Morgan fingerprint density at radius 2 is 2.19 bits per heavy atom. The van der Waals surface area contributed by atoms with Gasteiger partial charge in [0.2, 0.25) is 5.91 Å². The quantitative estimate of drug-likeness (QED) is 0.807. The summed E-state index contributed by atoms with van der Waals surface area (Å²) in [6, 6.07) is 0. The zero-order chi connectivity index (χ0) is 15.4. The molecule has 0 radical (unpaired) electrons. The molecule has 2 fully saturated rings. The molecule has 2 saturated heterocycles. The molecule has 0 bridgehead atoms. The highest BCUT2D eigenvalue weighted by Gasteiger charge is 2.32. The number of carboxylic acid groups (broad SMARTS) is 1. The molecule has 2 amide bonds. The second kappa shape index (κ2) is 6.89. The number of hydrogen-bond donors (Lipinski definition) is 1. The summed E-state index contributed by atoms with van der Waals surface area (Å²) in [7, 11) is 0. The van der Waals surface area contributed by atoms with E-state index in [4.69, 9.17) is 9.84 Å². The lowest BCUT2D eigenvalue weighted by Crippen LogP contribution is -2.45. The van der Waals surface area contributed by atoms with Crippen LogP contribution in [0.3, 0.4) is 0 Å². The van der Waals surface area contributed by atoms with Crippen molar-refractivity contribution in [1.82, 2.24) is 9.80 Å². The fourth-order valence-corrected chi connectivity index (χ4v) is 3.04. The van der Waals surface area contributed by atoms with Gasteiger partial charge in [0.1, 0.15) is 6.61 Å². The second-order valence-corrected chi connectivity index (χ2v) is 5.87. The van der Waals surface area contributed by atoms with Crippen LogP contribution in [0.1, 0.15) is 26.2 Å². The van der Waals surface area contributed by atoms with E-state index in [1.807, 2.05) is 11.8 Å². The Morgan fingerprint density at radius 1 is 1.43 bits per heavy atom. The first-order chi connectivity index (χ1) is 9.97. The maximum Gasteiger partial charge on any atom is 0.416 e. The standard InChI is InChI=1S/C14H22N2O5/c1-10(7-13(18)19)11-3-2-4-15(8-11)9-12(17)16-5-6-21-14(16)20/h10-11H,2-9H2,1H3,(H,18,19). The molecule has 1 N–H and O–H groups in total. The van der Waals surface area contributed by atoms with Crippen LogP contribution in [0.2, 0.25) is 0 Å². The van der Waals surface area contributed by atoms with Gasteiger partial charge < -0.3 is 9.84 Å². The smallest absolute Gasteiger partial charge is 0.416 e. The summed E-state index contributed by atoms with van der Waals surface area (Å²) in [5.74, 6) is -0.634. The third kappa shape index (κ3) is 4.17.